The van der Waals surface area contributed by atoms with Crippen LogP contribution >= 0.6 is 11.6 Å². The van der Waals surface area contributed by atoms with E-state index >= 15 is 0 Å². The Morgan fingerprint density at radius 1 is 1.13 bits per heavy atom. The molecule has 0 saturated heterocycles. The Kier molecular flexibility index (Phi) is 6.70. The number of ketones is 1. The number of esters is 2. The second-order valence-electron chi connectivity index (χ2n) is 2.56. The molecule has 0 N–H and O–H groups in total. The van der Waals surface area contributed by atoms with Crippen LogP contribution in [0.5, 0.6) is 0 Å². The van der Waals surface area contributed by atoms with Gasteiger partial charge in [0.25, 0.3) is 5.78 Å². The summed E-state index contributed by atoms with van der Waals surface area (Å²) in [4.78, 5) is 33.0. The third kappa shape index (κ3) is 5.37. The molecule has 6 heteroatoms. The molecule has 0 aromatic rings. The summed E-state index contributed by atoms with van der Waals surface area (Å²) in [7, 11) is 0. The maximum atomic E-state index is 11.2. The Balaban J connectivity index is 4.09. The second-order valence-corrected chi connectivity index (χ2v) is 3.09. The molecule has 0 rings (SSSR count). The minimum absolute atomic E-state index is 0.0909. The fraction of sp³-hybridized carbons (Fsp3) is 0.667. The predicted octanol–water partition coefficient (Wildman–Crippen LogP) is 0.679. The normalized spacial score (nSPS) is 11.7. The first kappa shape index (κ1) is 13.9. The number of ether oxygens (including phenoxy) is 2. The number of halogens is 1. The van der Waals surface area contributed by atoms with E-state index in [0.717, 1.165) is 0 Å². The van der Waals surface area contributed by atoms with Crippen LogP contribution in [-0.4, -0.2) is 36.3 Å². The molecule has 0 heterocycles. The van der Waals surface area contributed by atoms with Gasteiger partial charge in [0.05, 0.1) is 19.6 Å². The van der Waals surface area contributed by atoms with Gasteiger partial charge in [-0.3, -0.25) is 9.59 Å². The number of rotatable bonds is 6. The largest absolute Gasteiger partial charge is 0.466 e. The third-order valence-corrected chi connectivity index (χ3v) is 1.76. The maximum absolute atomic E-state index is 11.2. The average Bonchev–Trinajstić information content (AvgIpc) is 2.17. The van der Waals surface area contributed by atoms with Gasteiger partial charge in [-0.1, -0.05) is 0 Å². The van der Waals surface area contributed by atoms with E-state index < -0.39 is 23.1 Å². The molecule has 0 unspecified atom stereocenters. The molecule has 0 fully saturated rings. The van der Waals surface area contributed by atoms with Crippen LogP contribution in [-0.2, 0) is 23.9 Å². The number of carbonyl (C=O) groups is 3. The molecule has 86 valence electrons. The van der Waals surface area contributed by atoms with Crippen LogP contribution in [0.2, 0.25) is 0 Å². The summed E-state index contributed by atoms with van der Waals surface area (Å²) in [6.45, 7) is 3.50. The van der Waals surface area contributed by atoms with E-state index in [-0.39, 0.29) is 19.6 Å². The summed E-state index contributed by atoms with van der Waals surface area (Å²) in [5, 5.41) is -1.22. The van der Waals surface area contributed by atoms with Gasteiger partial charge in [-0.15, -0.1) is 11.6 Å². The quantitative estimate of drug-likeness (QED) is 0.385. The molecule has 5 nitrogen and oxygen atoms in total. The molecule has 0 aliphatic heterocycles. The highest BCUT2D eigenvalue weighted by atomic mass is 35.5. The average molecular weight is 237 g/mol. The van der Waals surface area contributed by atoms with E-state index in [1.165, 1.54) is 0 Å². The summed E-state index contributed by atoms with van der Waals surface area (Å²) in [5.41, 5.74) is 0. The zero-order chi connectivity index (χ0) is 11.8. The van der Waals surface area contributed by atoms with Gasteiger partial charge >= 0.3 is 11.9 Å². The van der Waals surface area contributed by atoms with Gasteiger partial charge in [-0.2, -0.15) is 0 Å². The molecule has 0 bridgehead atoms. The lowest BCUT2D eigenvalue weighted by Crippen LogP contribution is -2.28. The molecule has 0 aliphatic carbocycles. The Morgan fingerprint density at radius 3 is 2.13 bits per heavy atom. The van der Waals surface area contributed by atoms with Crippen LogP contribution in [0, 0.1) is 0 Å². The van der Waals surface area contributed by atoms with Gasteiger partial charge in [-0.05, 0) is 13.8 Å². The first-order valence-electron chi connectivity index (χ1n) is 4.53. The van der Waals surface area contributed by atoms with Gasteiger partial charge in [0.1, 0.15) is 5.38 Å². The summed E-state index contributed by atoms with van der Waals surface area (Å²) in [6, 6.07) is 0. The molecule has 1 atom stereocenters. The van der Waals surface area contributed by atoms with Crippen molar-refractivity contribution in [1.82, 2.24) is 0 Å². The van der Waals surface area contributed by atoms with Crippen molar-refractivity contribution in [2.75, 3.05) is 13.2 Å². The maximum Gasteiger partial charge on any atom is 0.376 e. The summed E-state index contributed by atoms with van der Waals surface area (Å²) < 4.78 is 9.02. The second kappa shape index (κ2) is 7.23. The first-order valence-corrected chi connectivity index (χ1v) is 4.97. The highest BCUT2D eigenvalue weighted by Gasteiger charge is 2.27. The van der Waals surface area contributed by atoms with Crippen molar-refractivity contribution in [2.45, 2.75) is 25.6 Å². The zero-order valence-corrected chi connectivity index (χ0v) is 9.37. The van der Waals surface area contributed by atoms with E-state index in [1.54, 1.807) is 13.8 Å². The number of alkyl halides is 1. The molecule has 0 spiro atoms. The highest BCUT2D eigenvalue weighted by Crippen LogP contribution is 2.06. The highest BCUT2D eigenvalue weighted by molar-refractivity contribution is 6.48. The van der Waals surface area contributed by atoms with Crippen LogP contribution < -0.4 is 0 Å². The van der Waals surface area contributed by atoms with E-state index in [2.05, 4.69) is 9.47 Å². The molecular weight excluding hydrogens is 224 g/mol. The van der Waals surface area contributed by atoms with Crippen LogP contribution in [0.3, 0.4) is 0 Å². The summed E-state index contributed by atoms with van der Waals surface area (Å²) in [6.07, 6.45) is -0.326. The molecule has 0 aromatic carbocycles. The molecule has 15 heavy (non-hydrogen) atoms. The molecule has 0 saturated carbocycles. The van der Waals surface area contributed by atoms with Crippen molar-refractivity contribution in [2.24, 2.45) is 0 Å². The summed E-state index contributed by atoms with van der Waals surface area (Å²) in [5.74, 6) is -2.57. The smallest absolute Gasteiger partial charge is 0.376 e. The molecular formula is C9H13ClO5. The number of hydrogen-bond donors (Lipinski definition) is 0. The number of hydrogen-bond acceptors (Lipinski definition) is 5. The van der Waals surface area contributed by atoms with Gasteiger partial charge in [0.15, 0.2) is 0 Å². The van der Waals surface area contributed by atoms with E-state index in [1.807, 2.05) is 0 Å². The van der Waals surface area contributed by atoms with Crippen LogP contribution in [0.15, 0.2) is 0 Å². The lowest BCUT2D eigenvalue weighted by molar-refractivity contribution is -0.154. The lowest BCUT2D eigenvalue weighted by atomic mass is 10.2. The standard InChI is InChI=1S/C9H13ClO5/c1-3-14-7(11)5-6(10)8(12)9(13)15-4-2/h6H,3-5H2,1-2H3/t6-/m0/s1. The molecule has 0 radical (unpaired) electrons. The summed E-state index contributed by atoms with van der Waals surface area (Å²) >= 11 is 5.54. The zero-order valence-electron chi connectivity index (χ0n) is 8.62. The van der Waals surface area contributed by atoms with Crippen LogP contribution in [0.25, 0.3) is 0 Å². The van der Waals surface area contributed by atoms with Crippen molar-refractivity contribution >= 4 is 29.3 Å². The molecule has 0 aromatic heterocycles. The van der Waals surface area contributed by atoms with Gasteiger partial charge in [0, 0.05) is 0 Å². The SMILES string of the molecule is CCOC(=O)C[C@H](Cl)C(=O)C(=O)OCC. The fourth-order valence-electron chi connectivity index (χ4n) is 0.789. The van der Waals surface area contributed by atoms with E-state index in [0.29, 0.717) is 0 Å². The topological polar surface area (TPSA) is 69.7 Å². The number of carbonyl (C=O) groups excluding carboxylic acids is 3. The minimum Gasteiger partial charge on any atom is -0.466 e. The Morgan fingerprint density at radius 2 is 1.67 bits per heavy atom. The van der Waals surface area contributed by atoms with Crippen LogP contribution in [0.4, 0.5) is 0 Å². The monoisotopic (exact) mass is 236 g/mol. The van der Waals surface area contributed by atoms with E-state index in [9.17, 15) is 14.4 Å². The first-order chi connectivity index (χ1) is 7.02. The Hall–Kier alpha value is -1.10. The lowest BCUT2D eigenvalue weighted by Gasteiger charge is -2.06. The molecule has 0 amide bonds. The van der Waals surface area contributed by atoms with Crippen LogP contribution in [0.1, 0.15) is 20.3 Å². The molecule has 0 aliphatic rings. The van der Waals surface area contributed by atoms with E-state index in [4.69, 9.17) is 11.6 Å². The van der Waals surface area contributed by atoms with Crippen molar-refractivity contribution < 1.29 is 23.9 Å². The van der Waals surface area contributed by atoms with Crippen molar-refractivity contribution in [1.29, 1.82) is 0 Å². The van der Waals surface area contributed by atoms with Crippen molar-refractivity contribution in [3.8, 4) is 0 Å². The van der Waals surface area contributed by atoms with Crippen molar-refractivity contribution in [3.63, 3.8) is 0 Å². The van der Waals surface area contributed by atoms with Gasteiger partial charge in [0.2, 0.25) is 0 Å². The minimum atomic E-state index is -1.22. The third-order valence-electron chi connectivity index (χ3n) is 1.41. The van der Waals surface area contributed by atoms with Gasteiger partial charge in [-0.25, -0.2) is 4.79 Å². The predicted molar refractivity (Wildman–Crippen MR) is 52.5 cm³/mol. The Bertz CT molecular complexity index is 251. The van der Waals surface area contributed by atoms with Gasteiger partial charge < -0.3 is 9.47 Å². The Labute approximate surface area is 92.7 Å². The van der Waals surface area contributed by atoms with Crippen molar-refractivity contribution in [3.05, 3.63) is 0 Å². The number of Topliss-reactive ketones (excluding diaryl/α,β-unsaturated/α-hetero) is 1. The fourth-order valence-corrected chi connectivity index (χ4v) is 1.00.